The summed E-state index contributed by atoms with van der Waals surface area (Å²) >= 11 is 0. The third-order valence-corrected chi connectivity index (χ3v) is 10.1. The number of hydrogen-bond donors (Lipinski definition) is 1. The average Bonchev–Trinajstić information content (AvgIpc) is 3.11. The lowest BCUT2D eigenvalue weighted by atomic mass is 10.0. The smallest absolute Gasteiger partial charge is 0.306 e. The van der Waals surface area contributed by atoms with Crippen molar-refractivity contribution in [1.29, 1.82) is 0 Å². The van der Waals surface area contributed by atoms with Crippen molar-refractivity contribution in [3.05, 3.63) is 12.2 Å². The summed E-state index contributed by atoms with van der Waals surface area (Å²) in [5.74, 6) is -0.200. The van der Waals surface area contributed by atoms with Crippen LogP contribution in [0.3, 0.4) is 0 Å². The Balaban J connectivity index is 3.38. The Morgan fingerprint density at radius 2 is 0.796 bits per heavy atom. The van der Waals surface area contributed by atoms with Crippen molar-refractivity contribution < 1.29 is 19.4 Å². The average molecular weight is 693 g/mol. The maximum absolute atomic E-state index is 12.2. The van der Waals surface area contributed by atoms with Gasteiger partial charge < -0.3 is 14.6 Å². The molecule has 0 heterocycles. The minimum Gasteiger partial charge on any atom is -0.457 e. The summed E-state index contributed by atoms with van der Waals surface area (Å²) in [6, 6.07) is 0. The van der Waals surface area contributed by atoms with Crippen LogP contribution < -0.4 is 0 Å². The van der Waals surface area contributed by atoms with Gasteiger partial charge in [0, 0.05) is 13.0 Å². The van der Waals surface area contributed by atoms with E-state index in [0.717, 1.165) is 19.3 Å². The number of aliphatic hydroxyl groups is 1. The quantitative estimate of drug-likeness (QED) is 0.0393. The number of ether oxygens (including phenoxy) is 2. The fraction of sp³-hybridized carbons (Fsp3) is 0.933. The van der Waals surface area contributed by atoms with E-state index in [1.807, 2.05) is 0 Å². The maximum atomic E-state index is 12.2. The second-order valence-corrected chi connectivity index (χ2v) is 15.1. The first-order valence-corrected chi connectivity index (χ1v) is 22.3. The molecular weight excluding hydrogens is 604 g/mol. The second-order valence-electron chi connectivity index (χ2n) is 15.1. The normalized spacial score (nSPS) is 12.3. The number of esters is 1. The zero-order valence-corrected chi connectivity index (χ0v) is 33.5. The first-order chi connectivity index (χ1) is 24.2. The summed E-state index contributed by atoms with van der Waals surface area (Å²) in [5.41, 5.74) is 0. The molecule has 0 rings (SSSR count). The van der Waals surface area contributed by atoms with Crippen LogP contribution in [-0.4, -0.2) is 37.0 Å². The first-order valence-electron chi connectivity index (χ1n) is 22.3. The van der Waals surface area contributed by atoms with Crippen molar-refractivity contribution in [3.63, 3.8) is 0 Å². The highest BCUT2D eigenvalue weighted by Crippen LogP contribution is 2.15. The number of allylic oxidation sites excluding steroid dienone is 2. The highest BCUT2D eigenvalue weighted by atomic mass is 16.6. The van der Waals surface area contributed by atoms with Gasteiger partial charge in [-0.15, -0.1) is 0 Å². The molecule has 0 aliphatic carbocycles. The summed E-state index contributed by atoms with van der Waals surface area (Å²) in [7, 11) is 0. The molecule has 0 aromatic rings. The summed E-state index contributed by atoms with van der Waals surface area (Å²) in [6.07, 6.45) is 51.3. The van der Waals surface area contributed by atoms with Crippen LogP contribution in [0, 0.1) is 0 Å². The topological polar surface area (TPSA) is 55.8 Å². The van der Waals surface area contributed by atoms with E-state index >= 15 is 0 Å². The van der Waals surface area contributed by atoms with Gasteiger partial charge in [0.1, 0.15) is 6.10 Å². The predicted octanol–water partition coefficient (Wildman–Crippen LogP) is 14.5. The third kappa shape index (κ3) is 41.4. The summed E-state index contributed by atoms with van der Waals surface area (Å²) < 4.78 is 11.2. The van der Waals surface area contributed by atoms with E-state index < -0.39 is 6.10 Å². The zero-order chi connectivity index (χ0) is 35.6. The molecule has 49 heavy (non-hydrogen) atoms. The Morgan fingerprint density at radius 3 is 1.16 bits per heavy atom. The van der Waals surface area contributed by atoms with E-state index in [0.29, 0.717) is 19.6 Å². The molecule has 0 aliphatic heterocycles. The van der Waals surface area contributed by atoms with Crippen LogP contribution in [0.15, 0.2) is 12.2 Å². The third-order valence-electron chi connectivity index (χ3n) is 10.1. The van der Waals surface area contributed by atoms with Crippen LogP contribution in [0.1, 0.15) is 245 Å². The standard InChI is InChI=1S/C45H88O4/c1-3-5-7-9-11-13-15-17-19-21-23-25-27-29-31-33-35-37-39-41-48-43-44(42-46)49-45(47)40-38-36-34-32-30-28-26-24-22-20-18-16-14-12-10-8-6-4-2/h20,22,44,46H,3-19,21,23-43H2,1-2H3/b22-20-. The highest BCUT2D eigenvalue weighted by molar-refractivity contribution is 5.69. The Bertz CT molecular complexity index is 648. The minimum atomic E-state index is -0.530. The lowest BCUT2D eigenvalue weighted by Gasteiger charge is -2.16. The van der Waals surface area contributed by atoms with E-state index in [1.54, 1.807) is 0 Å². The summed E-state index contributed by atoms with van der Waals surface area (Å²) in [5, 5.41) is 9.61. The van der Waals surface area contributed by atoms with Gasteiger partial charge >= 0.3 is 5.97 Å². The molecule has 0 radical (unpaired) electrons. The molecule has 0 aromatic heterocycles. The van der Waals surface area contributed by atoms with E-state index in [4.69, 9.17) is 9.47 Å². The molecule has 0 saturated heterocycles. The van der Waals surface area contributed by atoms with Gasteiger partial charge in [-0.25, -0.2) is 0 Å². The first kappa shape index (κ1) is 48.1. The summed E-state index contributed by atoms with van der Waals surface area (Å²) in [6.45, 7) is 5.39. The number of rotatable bonds is 42. The molecule has 292 valence electrons. The van der Waals surface area contributed by atoms with Gasteiger partial charge in [0.25, 0.3) is 0 Å². The lowest BCUT2D eigenvalue weighted by Crippen LogP contribution is -2.27. The molecular formula is C45H88O4. The molecule has 0 spiro atoms. The molecule has 4 heteroatoms. The van der Waals surface area contributed by atoms with Gasteiger partial charge in [-0.05, 0) is 38.5 Å². The number of unbranched alkanes of at least 4 members (excludes halogenated alkanes) is 32. The minimum absolute atomic E-state index is 0.167. The van der Waals surface area contributed by atoms with Crippen LogP contribution >= 0.6 is 0 Å². The van der Waals surface area contributed by atoms with E-state index in [1.165, 1.54) is 205 Å². The SMILES string of the molecule is CCCCCCCCC/C=C\CCCCCCCCCC(=O)OC(CO)COCCCCCCCCCCCCCCCCCCCCC. The fourth-order valence-electron chi connectivity index (χ4n) is 6.74. The van der Waals surface area contributed by atoms with E-state index in [9.17, 15) is 9.90 Å². The molecule has 1 unspecified atom stereocenters. The molecule has 0 aromatic carbocycles. The number of hydrogen-bond acceptors (Lipinski definition) is 4. The molecule has 1 atom stereocenters. The van der Waals surface area contributed by atoms with Crippen molar-refractivity contribution in [2.75, 3.05) is 19.8 Å². The number of carbonyl (C=O) groups is 1. The van der Waals surface area contributed by atoms with Crippen LogP contribution in [0.25, 0.3) is 0 Å². The Hall–Kier alpha value is -0.870. The molecule has 0 bridgehead atoms. The van der Waals surface area contributed by atoms with E-state index in [2.05, 4.69) is 26.0 Å². The predicted molar refractivity (Wildman–Crippen MR) is 214 cm³/mol. The van der Waals surface area contributed by atoms with Gasteiger partial charge in [-0.3, -0.25) is 4.79 Å². The van der Waals surface area contributed by atoms with Gasteiger partial charge in [0.05, 0.1) is 13.2 Å². The van der Waals surface area contributed by atoms with Crippen molar-refractivity contribution in [3.8, 4) is 0 Å². The van der Waals surface area contributed by atoms with Gasteiger partial charge in [0.2, 0.25) is 0 Å². The zero-order valence-electron chi connectivity index (χ0n) is 33.5. The van der Waals surface area contributed by atoms with Crippen LogP contribution in [0.4, 0.5) is 0 Å². The van der Waals surface area contributed by atoms with Crippen molar-refractivity contribution >= 4 is 5.97 Å². The Labute approximate surface area is 307 Å². The molecule has 1 N–H and O–H groups in total. The number of carbonyl (C=O) groups excluding carboxylic acids is 1. The molecule has 0 saturated carbocycles. The summed E-state index contributed by atoms with van der Waals surface area (Å²) in [4.78, 5) is 12.2. The monoisotopic (exact) mass is 693 g/mol. The Kier molecular flexibility index (Phi) is 42.5. The second kappa shape index (κ2) is 43.3. The van der Waals surface area contributed by atoms with Crippen LogP contribution in [-0.2, 0) is 14.3 Å². The van der Waals surface area contributed by atoms with Crippen molar-refractivity contribution in [2.45, 2.75) is 251 Å². The van der Waals surface area contributed by atoms with Crippen molar-refractivity contribution in [2.24, 2.45) is 0 Å². The van der Waals surface area contributed by atoms with Crippen LogP contribution in [0.5, 0.6) is 0 Å². The van der Waals surface area contributed by atoms with Gasteiger partial charge in [0.15, 0.2) is 0 Å². The number of aliphatic hydroxyl groups excluding tert-OH is 1. The molecule has 0 amide bonds. The van der Waals surface area contributed by atoms with Gasteiger partial charge in [-0.2, -0.15) is 0 Å². The maximum Gasteiger partial charge on any atom is 0.306 e. The van der Waals surface area contributed by atoms with E-state index in [-0.39, 0.29) is 12.6 Å². The molecule has 0 aliphatic rings. The molecule has 4 nitrogen and oxygen atoms in total. The Morgan fingerprint density at radius 1 is 0.469 bits per heavy atom. The van der Waals surface area contributed by atoms with Crippen LogP contribution in [0.2, 0.25) is 0 Å². The largest absolute Gasteiger partial charge is 0.457 e. The highest BCUT2D eigenvalue weighted by Gasteiger charge is 2.13. The van der Waals surface area contributed by atoms with Crippen molar-refractivity contribution in [1.82, 2.24) is 0 Å². The fourth-order valence-corrected chi connectivity index (χ4v) is 6.74. The lowest BCUT2D eigenvalue weighted by molar-refractivity contribution is -0.154. The van der Waals surface area contributed by atoms with Gasteiger partial charge in [-0.1, -0.05) is 212 Å². The molecule has 0 fully saturated rings.